The molecule has 2 heterocycles. The zero-order chi connectivity index (χ0) is 14.8. The number of imidazole rings is 1. The summed E-state index contributed by atoms with van der Waals surface area (Å²) in [6.07, 6.45) is 9.19. The summed E-state index contributed by atoms with van der Waals surface area (Å²) >= 11 is 0. The molecule has 2 unspecified atom stereocenters. The van der Waals surface area contributed by atoms with Gasteiger partial charge in [-0.3, -0.25) is 0 Å². The van der Waals surface area contributed by atoms with Gasteiger partial charge in [0.2, 0.25) is 0 Å². The predicted octanol–water partition coefficient (Wildman–Crippen LogP) is 3.87. The topological polar surface area (TPSA) is 29.9 Å². The van der Waals surface area contributed by atoms with E-state index in [2.05, 4.69) is 30.7 Å². The summed E-state index contributed by atoms with van der Waals surface area (Å²) in [7, 11) is 0. The van der Waals surface area contributed by atoms with Gasteiger partial charge in [-0.25, -0.2) is 4.98 Å². The second-order valence-corrected chi connectivity index (χ2v) is 7.41. The molecule has 2 aliphatic rings. The van der Waals surface area contributed by atoms with Crippen molar-refractivity contribution in [2.45, 2.75) is 78.3 Å². The number of hydrogen-bond acceptors (Lipinski definition) is 2. The van der Waals surface area contributed by atoms with E-state index in [0.717, 1.165) is 31.8 Å². The van der Waals surface area contributed by atoms with Gasteiger partial charge < -0.3 is 9.88 Å². The van der Waals surface area contributed by atoms with Crippen LogP contribution in [0.3, 0.4) is 0 Å². The molecular formula is C18H31N3. The van der Waals surface area contributed by atoms with E-state index in [1.165, 1.54) is 43.6 Å². The molecule has 118 valence electrons. The molecule has 3 rings (SSSR count). The predicted molar refractivity (Wildman–Crippen MR) is 87.5 cm³/mol. The van der Waals surface area contributed by atoms with Gasteiger partial charge in [-0.05, 0) is 24.7 Å². The van der Waals surface area contributed by atoms with Crippen LogP contribution in [0.25, 0.3) is 0 Å². The SMILES string of the molecule is CCC1CCCC(n2c(CC(C)C)nc3c2CCNC3)C1. The molecular weight excluding hydrogens is 258 g/mol. The van der Waals surface area contributed by atoms with E-state index in [9.17, 15) is 0 Å². The third-order valence-electron chi connectivity index (χ3n) is 5.29. The standard InChI is InChI=1S/C18H31N3/c1-4-14-6-5-7-15(11-14)21-17-8-9-19-12-16(17)20-18(21)10-13(2)3/h13-15,19H,4-12H2,1-3H3. The monoisotopic (exact) mass is 289 g/mol. The van der Waals surface area contributed by atoms with Crippen LogP contribution in [0.4, 0.5) is 0 Å². The fourth-order valence-corrected chi connectivity index (χ4v) is 4.20. The molecule has 1 aliphatic carbocycles. The smallest absolute Gasteiger partial charge is 0.109 e. The molecule has 0 amide bonds. The fraction of sp³-hybridized carbons (Fsp3) is 0.833. The molecule has 0 bridgehead atoms. The average molecular weight is 289 g/mol. The molecule has 0 aromatic carbocycles. The van der Waals surface area contributed by atoms with Crippen LogP contribution in [-0.2, 0) is 19.4 Å². The lowest BCUT2D eigenvalue weighted by Crippen LogP contribution is -2.28. The first-order valence-electron chi connectivity index (χ1n) is 8.98. The number of rotatable bonds is 4. The quantitative estimate of drug-likeness (QED) is 0.912. The van der Waals surface area contributed by atoms with Crippen LogP contribution in [0.15, 0.2) is 0 Å². The second-order valence-electron chi connectivity index (χ2n) is 7.41. The van der Waals surface area contributed by atoms with Crippen molar-refractivity contribution in [2.75, 3.05) is 6.54 Å². The van der Waals surface area contributed by atoms with Gasteiger partial charge in [0, 0.05) is 37.7 Å². The summed E-state index contributed by atoms with van der Waals surface area (Å²) in [4.78, 5) is 5.02. The molecule has 21 heavy (non-hydrogen) atoms. The largest absolute Gasteiger partial charge is 0.329 e. The number of aromatic nitrogens is 2. The van der Waals surface area contributed by atoms with E-state index < -0.39 is 0 Å². The van der Waals surface area contributed by atoms with Crippen LogP contribution in [-0.4, -0.2) is 16.1 Å². The summed E-state index contributed by atoms with van der Waals surface area (Å²) < 4.78 is 2.68. The van der Waals surface area contributed by atoms with Crippen molar-refractivity contribution in [2.24, 2.45) is 11.8 Å². The molecule has 0 radical (unpaired) electrons. The zero-order valence-corrected chi connectivity index (χ0v) is 14.0. The van der Waals surface area contributed by atoms with E-state index in [1.54, 1.807) is 5.69 Å². The van der Waals surface area contributed by atoms with Crippen molar-refractivity contribution in [1.29, 1.82) is 0 Å². The Morgan fingerprint density at radius 1 is 1.33 bits per heavy atom. The maximum atomic E-state index is 5.02. The van der Waals surface area contributed by atoms with Gasteiger partial charge in [-0.1, -0.05) is 40.0 Å². The van der Waals surface area contributed by atoms with Gasteiger partial charge in [-0.2, -0.15) is 0 Å². The Balaban J connectivity index is 1.92. The highest BCUT2D eigenvalue weighted by molar-refractivity contribution is 5.22. The Kier molecular flexibility index (Phi) is 4.68. The highest BCUT2D eigenvalue weighted by Crippen LogP contribution is 2.37. The lowest BCUT2D eigenvalue weighted by molar-refractivity contribution is 0.252. The van der Waals surface area contributed by atoms with Crippen molar-refractivity contribution in [3.8, 4) is 0 Å². The maximum Gasteiger partial charge on any atom is 0.109 e. The molecule has 1 aromatic heterocycles. The summed E-state index contributed by atoms with van der Waals surface area (Å²) in [6.45, 7) is 9.06. The number of fused-ring (bicyclic) bond motifs is 1. The lowest BCUT2D eigenvalue weighted by atomic mass is 9.83. The van der Waals surface area contributed by atoms with E-state index in [-0.39, 0.29) is 0 Å². The molecule has 1 saturated carbocycles. The van der Waals surface area contributed by atoms with Crippen molar-refractivity contribution in [3.05, 3.63) is 17.2 Å². The van der Waals surface area contributed by atoms with E-state index in [0.29, 0.717) is 12.0 Å². The van der Waals surface area contributed by atoms with Crippen LogP contribution in [0.2, 0.25) is 0 Å². The number of hydrogen-bond donors (Lipinski definition) is 1. The molecule has 3 heteroatoms. The number of nitrogens with zero attached hydrogens (tertiary/aromatic N) is 2. The van der Waals surface area contributed by atoms with Crippen molar-refractivity contribution >= 4 is 0 Å². The van der Waals surface area contributed by atoms with Gasteiger partial charge >= 0.3 is 0 Å². The Hall–Kier alpha value is -0.830. The minimum absolute atomic E-state index is 0.686. The van der Waals surface area contributed by atoms with Crippen LogP contribution in [0, 0.1) is 11.8 Å². The third-order valence-corrected chi connectivity index (χ3v) is 5.29. The Morgan fingerprint density at radius 3 is 2.95 bits per heavy atom. The van der Waals surface area contributed by atoms with Gasteiger partial charge in [-0.15, -0.1) is 0 Å². The molecule has 2 atom stereocenters. The Labute approximate surface area is 129 Å². The van der Waals surface area contributed by atoms with Crippen LogP contribution in [0.5, 0.6) is 0 Å². The minimum atomic E-state index is 0.686. The zero-order valence-electron chi connectivity index (χ0n) is 14.0. The third kappa shape index (κ3) is 3.18. The first-order chi connectivity index (χ1) is 10.2. The molecule has 1 aromatic rings. The van der Waals surface area contributed by atoms with Gasteiger partial charge in [0.15, 0.2) is 0 Å². The van der Waals surface area contributed by atoms with Gasteiger partial charge in [0.05, 0.1) is 5.69 Å². The van der Waals surface area contributed by atoms with Crippen LogP contribution < -0.4 is 5.32 Å². The molecule has 3 nitrogen and oxygen atoms in total. The normalized spacial score (nSPS) is 26.1. The van der Waals surface area contributed by atoms with E-state index in [4.69, 9.17) is 4.98 Å². The second kappa shape index (κ2) is 6.51. The van der Waals surface area contributed by atoms with E-state index >= 15 is 0 Å². The first-order valence-corrected chi connectivity index (χ1v) is 8.98. The Bertz CT molecular complexity index is 475. The summed E-state index contributed by atoms with van der Waals surface area (Å²) in [6, 6.07) is 0.715. The van der Waals surface area contributed by atoms with Crippen molar-refractivity contribution in [3.63, 3.8) is 0 Å². The highest BCUT2D eigenvalue weighted by atomic mass is 15.1. The molecule has 1 aliphatic heterocycles. The summed E-state index contributed by atoms with van der Waals surface area (Å²) in [5.74, 6) is 2.97. The van der Waals surface area contributed by atoms with Crippen LogP contribution in [0.1, 0.15) is 76.1 Å². The summed E-state index contributed by atoms with van der Waals surface area (Å²) in [5.41, 5.74) is 2.88. The average Bonchev–Trinajstić information content (AvgIpc) is 2.84. The molecule has 0 saturated heterocycles. The molecule has 1 fully saturated rings. The van der Waals surface area contributed by atoms with E-state index in [1.807, 2.05) is 0 Å². The maximum absolute atomic E-state index is 5.02. The van der Waals surface area contributed by atoms with Gasteiger partial charge in [0.1, 0.15) is 5.82 Å². The van der Waals surface area contributed by atoms with Crippen molar-refractivity contribution < 1.29 is 0 Å². The lowest BCUT2D eigenvalue weighted by Gasteiger charge is -2.32. The summed E-state index contributed by atoms with van der Waals surface area (Å²) in [5, 5.41) is 3.48. The molecule has 0 spiro atoms. The fourth-order valence-electron chi connectivity index (χ4n) is 4.20. The highest BCUT2D eigenvalue weighted by Gasteiger charge is 2.28. The van der Waals surface area contributed by atoms with Gasteiger partial charge in [0.25, 0.3) is 0 Å². The van der Waals surface area contributed by atoms with Crippen molar-refractivity contribution in [1.82, 2.24) is 14.9 Å². The Morgan fingerprint density at radius 2 is 2.19 bits per heavy atom. The van der Waals surface area contributed by atoms with Crippen LogP contribution >= 0.6 is 0 Å². The number of nitrogens with one attached hydrogen (secondary N) is 1. The minimum Gasteiger partial charge on any atom is -0.329 e. The first kappa shape index (κ1) is 15.1. The molecule has 1 N–H and O–H groups in total.